The van der Waals surface area contributed by atoms with Crippen LogP contribution in [0.25, 0.3) is 0 Å². The van der Waals surface area contributed by atoms with E-state index in [2.05, 4.69) is 10.1 Å². The second kappa shape index (κ2) is 9.66. The highest BCUT2D eigenvalue weighted by molar-refractivity contribution is 5.79. The number of aryl methyl sites for hydroxylation is 1. The van der Waals surface area contributed by atoms with E-state index in [1.54, 1.807) is 0 Å². The third kappa shape index (κ3) is 7.05. The van der Waals surface area contributed by atoms with Crippen LogP contribution in [0.5, 0.6) is 5.75 Å². The normalized spacial score (nSPS) is 11.9. The number of alkyl halides is 2. The first-order chi connectivity index (χ1) is 12.8. The fourth-order valence-electron chi connectivity index (χ4n) is 2.64. The van der Waals surface area contributed by atoms with E-state index in [1.165, 1.54) is 24.3 Å². The van der Waals surface area contributed by atoms with Crippen LogP contribution in [0.15, 0.2) is 48.5 Å². The molecule has 7 heteroatoms. The van der Waals surface area contributed by atoms with Gasteiger partial charge in [-0.3, -0.25) is 9.59 Å². The summed E-state index contributed by atoms with van der Waals surface area (Å²) in [4.78, 5) is 23.5. The summed E-state index contributed by atoms with van der Waals surface area (Å²) in [5, 5.41) is 12.0. The van der Waals surface area contributed by atoms with Crippen LogP contribution in [0.1, 0.15) is 16.7 Å². The number of carboxylic acid groups (broad SMARTS) is 1. The number of aliphatic carboxylic acids is 1. The van der Waals surface area contributed by atoms with Crippen molar-refractivity contribution in [3.05, 3.63) is 65.2 Å². The number of hydrogen-bond donors (Lipinski definition) is 2. The number of carboxylic acids is 1. The molecule has 0 bridgehead atoms. The van der Waals surface area contributed by atoms with Gasteiger partial charge in [-0.25, -0.2) is 0 Å². The largest absolute Gasteiger partial charge is 0.481 e. The van der Waals surface area contributed by atoms with Crippen molar-refractivity contribution in [3.63, 3.8) is 0 Å². The number of ether oxygens (including phenoxy) is 1. The zero-order chi connectivity index (χ0) is 19.8. The standard InChI is InChI=1S/C20H21F2NO4/c1-13-3-2-4-15(9-13)10-16(19(25)26)12-23-18(24)11-14-5-7-17(8-6-14)27-20(21)22/h2-9,16,20H,10-12H2,1H3,(H,23,24)(H,25,26). The monoisotopic (exact) mass is 377 g/mol. The molecule has 0 spiro atoms. The van der Waals surface area contributed by atoms with Crippen molar-refractivity contribution < 1.29 is 28.2 Å². The lowest BCUT2D eigenvalue weighted by atomic mass is 9.98. The number of carbonyl (C=O) groups is 2. The van der Waals surface area contributed by atoms with Gasteiger partial charge in [0.2, 0.25) is 5.91 Å². The van der Waals surface area contributed by atoms with Gasteiger partial charge >= 0.3 is 12.6 Å². The molecule has 0 saturated carbocycles. The predicted octanol–water partition coefficient (Wildman–Crippen LogP) is 3.20. The topological polar surface area (TPSA) is 75.6 Å². The minimum atomic E-state index is -2.90. The molecule has 0 aliphatic carbocycles. The number of hydrogen-bond acceptors (Lipinski definition) is 3. The van der Waals surface area contributed by atoms with Crippen LogP contribution in [0, 0.1) is 12.8 Å². The van der Waals surface area contributed by atoms with Crippen LogP contribution in [0.4, 0.5) is 8.78 Å². The van der Waals surface area contributed by atoms with Gasteiger partial charge in [0, 0.05) is 6.54 Å². The average Bonchev–Trinajstić information content (AvgIpc) is 2.59. The van der Waals surface area contributed by atoms with Gasteiger partial charge in [0.05, 0.1) is 12.3 Å². The first kappa shape index (κ1) is 20.4. The Hall–Kier alpha value is -2.96. The Bertz CT molecular complexity index is 778. The van der Waals surface area contributed by atoms with Crippen LogP contribution in [-0.2, 0) is 22.4 Å². The van der Waals surface area contributed by atoms with Gasteiger partial charge < -0.3 is 15.2 Å². The SMILES string of the molecule is Cc1cccc(CC(CNC(=O)Cc2ccc(OC(F)F)cc2)C(=O)O)c1. The number of nitrogens with one attached hydrogen (secondary N) is 1. The number of carbonyl (C=O) groups excluding carboxylic acids is 1. The van der Waals surface area contributed by atoms with E-state index in [4.69, 9.17) is 0 Å². The maximum absolute atomic E-state index is 12.1. The first-order valence-corrected chi connectivity index (χ1v) is 8.42. The quantitative estimate of drug-likeness (QED) is 0.704. The molecule has 0 heterocycles. The van der Waals surface area contributed by atoms with Gasteiger partial charge in [-0.05, 0) is 36.6 Å². The molecule has 27 heavy (non-hydrogen) atoms. The van der Waals surface area contributed by atoms with Gasteiger partial charge in [0.1, 0.15) is 5.75 Å². The van der Waals surface area contributed by atoms with Gasteiger partial charge in [-0.1, -0.05) is 42.0 Å². The molecule has 1 amide bonds. The fraction of sp³-hybridized carbons (Fsp3) is 0.300. The highest BCUT2D eigenvalue weighted by Crippen LogP contribution is 2.15. The molecule has 2 rings (SSSR count). The zero-order valence-electron chi connectivity index (χ0n) is 14.8. The van der Waals surface area contributed by atoms with Gasteiger partial charge in [0.15, 0.2) is 0 Å². The molecular formula is C20H21F2NO4. The summed E-state index contributed by atoms with van der Waals surface area (Å²) in [5.41, 5.74) is 2.55. The second-order valence-electron chi connectivity index (χ2n) is 6.23. The summed E-state index contributed by atoms with van der Waals surface area (Å²) in [6.45, 7) is -0.964. The van der Waals surface area contributed by atoms with Crippen molar-refractivity contribution in [1.29, 1.82) is 0 Å². The van der Waals surface area contributed by atoms with Crippen LogP contribution in [-0.4, -0.2) is 30.1 Å². The summed E-state index contributed by atoms with van der Waals surface area (Å²) in [6, 6.07) is 13.3. The average molecular weight is 377 g/mol. The zero-order valence-corrected chi connectivity index (χ0v) is 14.8. The maximum Gasteiger partial charge on any atom is 0.387 e. The molecule has 0 fully saturated rings. The molecule has 1 unspecified atom stereocenters. The summed E-state index contributed by atoms with van der Waals surface area (Å²) in [6.07, 6.45) is 0.336. The molecule has 0 radical (unpaired) electrons. The smallest absolute Gasteiger partial charge is 0.387 e. The highest BCUT2D eigenvalue weighted by Gasteiger charge is 2.19. The highest BCUT2D eigenvalue weighted by atomic mass is 19.3. The summed E-state index contributed by atoms with van der Waals surface area (Å²) < 4.78 is 28.5. The summed E-state index contributed by atoms with van der Waals surface area (Å²) >= 11 is 0. The Morgan fingerprint density at radius 3 is 2.41 bits per heavy atom. The fourth-order valence-corrected chi connectivity index (χ4v) is 2.64. The Labute approximate surface area is 156 Å². The lowest BCUT2D eigenvalue weighted by Crippen LogP contribution is -2.34. The van der Waals surface area contributed by atoms with E-state index < -0.39 is 18.5 Å². The van der Waals surface area contributed by atoms with Crippen molar-refractivity contribution in [2.45, 2.75) is 26.4 Å². The Morgan fingerprint density at radius 1 is 1.11 bits per heavy atom. The maximum atomic E-state index is 12.1. The van der Waals surface area contributed by atoms with Crippen LogP contribution < -0.4 is 10.1 Å². The van der Waals surface area contributed by atoms with Gasteiger partial charge in [-0.2, -0.15) is 8.78 Å². The van der Waals surface area contributed by atoms with Crippen LogP contribution in [0.2, 0.25) is 0 Å². The Balaban J connectivity index is 1.87. The Morgan fingerprint density at radius 2 is 1.81 bits per heavy atom. The van der Waals surface area contributed by atoms with Crippen molar-refractivity contribution in [2.75, 3.05) is 6.54 Å². The molecule has 2 aromatic rings. The van der Waals surface area contributed by atoms with E-state index >= 15 is 0 Å². The number of halogens is 2. The lowest BCUT2D eigenvalue weighted by molar-refractivity contribution is -0.141. The number of benzene rings is 2. The second-order valence-corrected chi connectivity index (χ2v) is 6.23. The molecular weight excluding hydrogens is 356 g/mol. The molecule has 0 saturated heterocycles. The number of amides is 1. The van der Waals surface area contributed by atoms with Gasteiger partial charge in [0.25, 0.3) is 0 Å². The molecule has 0 aliphatic rings. The molecule has 0 aromatic heterocycles. The summed E-state index contributed by atoms with van der Waals surface area (Å²) in [7, 11) is 0. The molecule has 5 nitrogen and oxygen atoms in total. The third-order valence-corrected chi connectivity index (χ3v) is 3.97. The lowest BCUT2D eigenvalue weighted by Gasteiger charge is -2.14. The molecule has 2 aromatic carbocycles. The van der Waals surface area contributed by atoms with Crippen molar-refractivity contribution in [3.8, 4) is 5.75 Å². The van der Waals surface area contributed by atoms with Crippen molar-refractivity contribution in [2.24, 2.45) is 5.92 Å². The predicted molar refractivity (Wildman–Crippen MR) is 95.8 cm³/mol. The first-order valence-electron chi connectivity index (χ1n) is 8.42. The number of rotatable bonds is 9. The van der Waals surface area contributed by atoms with Crippen LogP contribution in [0.3, 0.4) is 0 Å². The van der Waals surface area contributed by atoms with Crippen LogP contribution >= 0.6 is 0 Å². The molecule has 144 valence electrons. The molecule has 2 N–H and O–H groups in total. The minimum absolute atomic E-state index is 0.00862. The minimum Gasteiger partial charge on any atom is -0.481 e. The van der Waals surface area contributed by atoms with E-state index in [9.17, 15) is 23.5 Å². The van der Waals surface area contributed by atoms with E-state index in [0.29, 0.717) is 12.0 Å². The van der Waals surface area contributed by atoms with E-state index in [1.807, 2.05) is 31.2 Å². The van der Waals surface area contributed by atoms with E-state index in [0.717, 1.165) is 11.1 Å². The van der Waals surface area contributed by atoms with E-state index in [-0.39, 0.29) is 24.6 Å². The molecule has 0 aliphatic heterocycles. The summed E-state index contributed by atoms with van der Waals surface area (Å²) in [5.74, 6) is -2.05. The van der Waals surface area contributed by atoms with Crippen molar-refractivity contribution >= 4 is 11.9 Å². The van der Waals surface area contributed by atoms with Crippen molar-refractivity contribution in [1.82, 2.24) is 5.32 Å². The third-order valence-electron chi connectivity index (χ3n) is 3.97. The Kier molecular flexibility index (Phi) is 7.28. The molecule has 1 atom stereocenters. The van der Waals surface area contributed by atoms with Gasteiger partial charge in [-0.15, -0.1) is 0 Å².